The number of rotatable bonds is 6. The van der Waals surface area contributed by atoms with E-state index in [-0.39, 0.29) is 12.4 Å². The topological polar surface area (TPSA) is 47.9 Å². The third kappa shape index (κ3) is 8.47. The van der Waals surface area contributed by atoms with Crippen molar-refractivity contribution >= 4 is 28.2 Å². The van der Waals surface area contributed by atoms with Crippen molar-refractivity contribution < 1.29 is 18.7 Å². The van der Waals surface area contributed by atoms with Crippen molar-refractivity contribution in [1.82, 2.24) is 0 Å². The van der Waals surface area contributed by atoms with Gasteiger partial charge in [0.05, 0.1) is 6.61 Å². The number of ether oxygens (including phenoxy) is 2. The molecule has 4 nitrogen and oxygen atoms in total. The summed E-state index contributed by atoms with van der Waals surface area (Å²) in [5, 5.41) is 0. The maximum Gasteiger partial charge on any atom is 0.433 e. The molecule has 1 aromatic rings. The average molecular weight is 416 g/mol. The molecule has 0 radical (unpaired) electrons. The fourth-order valence-electron chi connectivity index (χ4n) is 2.41. The fraction of sp³-hybridized carbons (Fsp3) is 0.579. The highest BCUT2D eigenvalue weighted by atomic mass is 79.9. The maximum atomic E-state index is 13.9. The largest absolute Gasteiger partial charge is 0.490 e. The standard InChI is InChI=1S/C19H27BrFNO3/c1-13(2)10-19(6,11-22-17(23)25-18(3,4)5)12-24-16-8-7-14(20)9-15(16)21/h7-9,11,13H,10,12H2,1-6H3/t19-/m1/s1. The lowest BCUT2D eigenvalue weighted by atomic mass is 9.84. The Morgan fingerprint density at radius 2 is 1.96 bits per heavy atom. The molecule has 0 saturated heterocycles. The highest BCUT2D eigenvalue weighted by Crippen LogP contribution is 2.28. The highest BCUT2D eigenvalue weighted by Gasteiger charge is 2.26. The van der Waals surface area contributed by atoms with Gasteiger partial charge in [0.2, 0.25) is 0 Å². The van der Waals surface area contributed by atoms with E-state index in [2.05, 4.69) is 34.8 Å². The van der Waals surface area contributed by atoms with Gasteiger partial charge in [0.25, 0.3) is 0 Å². The van der Waals surface area contributed by atoms with Gasteiger partial charge in [-0.15, -0.1) is 0 Å². The highest BCUT2D eigenvalue weighted by molar-refractivity contribution is 9.10. The maximum absolute atomic E-state index is 13.9. The fourth-order valence-corrected chi connectivity index (χ4v) is 2.75. The summed E-state index contributed by atoms with van der Waals surface area (Å²) in [5.74, 6) is 0.0858. The molecule has 0 saturated carbocycles. The zero-order valence-corrected chi connectivity index (χ0v) is 17.3. The van der Waals surface area contributed by atoms with Crippen LogP contribution in [0.3, 0.4) is 0 Å². The van der Waals surface area contributed by atoms with Crippen molar-refractivity contribution in [3.05, 3.63) is 28.5 Å². The molecule has 0 spiro atoms. The Labute approximate surface area is 157 Å². The molecule has 0 unspecified atom stereocenters. The Hall–Kier alpha value is -1.43. The molecule has 1 rings (SSSR count). The molecule has 0 N–H and O–H groups in total. The summed E-state index contributed by atoms with van der Waals surface area (Å²) >= 11 is 3.22. The van der Waals surface area contributed by atoms with E-state index in [1.54, 1.807) is 39.1 Å². The van der Waals surface area contributed by atoms with Crippen LogP contribution in [-0.4, -0.2) is 24.5 Å². The van der Waals surface area contributed by atoms with Gasteiger partial charge in [-0.2, -0.15) is 4.99 Å². The summed E-state index contributed by atoms with van der Waals surface area (Å²) < 4.78 is 25.4. The number of carbonyl (C=O) groups excluding carboxylic acids is 1. The van der Waals surface area contributed by atoms with E-state index >= 15 is 0 Å². The first-order valence-corrected chi connectivity index (χ1v) is 9.05. The van der Waals surface area contributed by atoms with Crippen LogP contribution in [0.1, 0.15) is 48.0 Å². The zero-order valence-electron chi connectivity index (χ0n) is 15.7. The molecule has 0 aliphatic heterocycles. The van der Waals surface area contributed by atoms with Crippen molar-refractivity contribution in [2.45, 2.75) is 53.6 Å². The summed E-state index contributed by atoms with van der Waals surface area (Å²) in [6.45, 7) is 11.6. The van der Waals surface area contributed by atoms with E-state index in [9.17, 15) is 9.18 Å². The third-order valence-corrected chi connectivity index (χ3v) is 3.69. The Morgan fingerprint density at radius 3 is 2.48 bits per heavy atom. The van der Waals surface area contributed by atoms with Gasteiger partial charge in [-0.3, -0.25) is 0 Å². The molecule has 0 aromatic heterocycles. The van der Waals surface area contributed by atoms with Gasteiger partial charge in [0, 0.05) is 16.1 Å². The van der Waals surface area contributed by atoms with Gasteiger partial charge >= 0.3 is 6.09 Å². The Morgan fingerprint density at radius 1 is 1.32 bits per heavy atom. The monoisotopic (exact) mass is 415 g/mol. The molecule has 0 heterocycles. The first-order chi connectivity index (χ1) is 11.4. The van der Waals surface area contributed by atoms with Crippen LogP contribution in [0.25, 0.3) is 0 Å². The molecule has 140 valence electrons. The second-order valence-electron chi connectivity index (χ2n) is 7.85. The van der Waals surface area contributed by atoms with Crippen molar-refractivity contribution in [3.8, 4) is 5.75 Å². The van der Waals surface area contributed by atoms with Crippen LogP contribution in [0.5, 0.6) is 5.75 Å². The molecule has 1 aromatic carbocycles. The van der Waals surface area contributed by atoms with E-state index in [0.717, 1.165) is 6.42 Å². The molecule has 1 atom stereocenters. The number of hydrogen-bond donors (Lipinski definition) is 0. The Bertz CT molecular complexity index is 626. The summed E-state index contributed by atoms with van der Waals surface area (Å²) in [5.41, 5.74) is -1.12. The van der Waals surface area contributed by atoms with Gasteiger partial charge in [0.15, 0.2) is 11.6 Å². The average Bonchev–Trinajstić information content (AvgIpc) is 2.42. The first-order valence-electron chi connectivity index (χ1n) is 8.26. The summed E-state index contributed by atoms with van der Waals surface area (Å²) in [6.07, 6.45) is 1.65. The Balaban J connectivity index is 2.85. The molecule has 25 heavy (non-hydrogen) atoms. The molecular formula is C19H27BrFNO3. The lowest BCUT2D eigenvalue weighted by Gasteiger charge is -2.27. The zero-order chi connectivity index (χ0) is 19.3. The molecule has 0 bridgehead atoms. The predicted octanol–water partition coefficient (Wildman–Crippen LogP) is 6.03. The minimum absolute atomic E-state index is 0.170. The second-order valence-corrected chi connectivity index (χ2v) is 8.77. The van der Waals surface area contributed by atoms with Crippen LogP contribution in [0, 0.1) is 17.2 Å². The van der Waals surface area contributed by atoms with Crippen LogP contribution < -0.4 is 4.74 Å². The second kappa shape index (κ2) is 8.79. The summed E-state index contributed by atoms with van der Waals surface area (Å²) in [4.78, 5) is 15.7. The number of amides is 1. The van der Waals surface area contributed by atoms with Crippen LogP contribution in [0.4, 0.5) is 9.18 Å². The van der Waals surface area contributed by atoms with E-state index in [0.29, 0.717) is 10.4 Å². The molecule has 6 heteroatoms. The summed E-state index contributed by atoms with van der Waals surface area (Å²) in [7, 11) is 0. The Kier molecular flexibility index (Phi) is 7.60. The number of carbonyl (C=O) groups is 1. The van der Waals surface area contributed by atoms with Gasteiger partial charge < -0.3 is 9.47 Å². The molecule has 0 aliphatic rings. The van der Waals surface area contributed by atoms with E-state index < -0.39 is 22.9 Å². The van der Waals surface area contributed by atoms with Crippen molar-refractivity contribution in [1.29, 1.82) is 0 Å². The SMILES string of the molecule is CC(C)C[C@](C)(C=NC(=O)OC(C)(C)C)COc1ccc(Br)cc1F. The van der Waals surface area contributed by atoms with E-state index in [1.165, 1.54) is 6.07 Å². The lowest BCUT2D eigenvalue weighted by molar-refractivity contribution is 0.0602. The molecule has 1 amide bonds. The third-order valence-electron chi connectivity index (χ3n) is 3.20. The summed E-state index contributed by atoms with van der Waals surface area (Å²) in [6, 6.07) is 4.64. The van der Waals surface area contributed by atoms with Crippen molar-refractivity contribution in [2.24, 2.45) is 16.3 Å². The van der Waals surface area contributed by atoms with Crippen LogP contribution in [0.15, 0.2) is 27.7 Å². The first kappa shape index (κ1) is 21.6. The van der Waals surface area contributed by atoms with Gasteiger partial charge in [0.1, 0.15) is 5.60 Å². The molecule has 0 aliphatic carbocycles. The number of hydrogen-bond acceptors (Lipinski definition) is 3. The molecule has 0 fully saturated rings. The normalized spacial score (nSPS) is 14.6. The van der Waals surface area contributed by atoms with Crippen molar-refractivity contribution in [3.63, 3.8) is 0 Å². The predicted molar refractivity (Wildman–Crippen MR) is 102 cm³/mol. The smallest absolute Gasteiger partial charge is 0.433 e. The van der Waals surface area contributed by atoms with Crippen LogP contribution in [0.2, 0.25) is 0 Å². The molecular weight excluding hydrogens is 389 g/mol. The number of halogens is 2. The van der Waals surface area contributed by atoms with Gasteiger partial charge in [-0.05, 0) is 51.3 Å². The number of benzene rings is 1. The van der Waals surface area contributed by atoms with Gasteiger partial charge in [-0.1, -0.05) is 36.7 Å². The lowest BCUT2D eigenvalue weighted by Crippen LogP contribution is -2.30. The van der Waals surface area contributed by atoms with Crippen LogP contribution in [-0.2, 0) is 4.74 Å². The number of nitrogens with zero attached hydrogens (tertiary/aromatic N) is 1. The van der Waals surface area contributed by atoms with Crippen LogP contribution >= 0.6 is 15.9 Å². The van der Waals surface area contributed by atoms with E-state index in [1.807, 2.05) is 6.92 Å². The minimum Gasteiger partial charge on any atom is -0.490 e. The quantitative estimate of drug-likeness (QED) is 0.533. The van der Waals surface area contributed by atoms with E-state index in [4.69, 9.17) is 9.47 Å². The van der Waals surface area contributed by atoms with Gasteiger partial charge in [-0.25, -0.2) is 9.18 Å². The van der Waals surface area contributed by atoms with Crippen molar-refractivity contribution in [2.75, 3.05) is 6.61 Å². The number of aliphatic imine (C=N–C) groups is 1. The minimum atomic E-state index is -0.641.